The Bertz CT molecular complexity index is 677. The molecule has 2 fully saturated rings. The van der Waals surface area contributed by atoms with Gasteiger partial charge < -0.3 is 14.7 Å². The topological polar surface area (TPSA) is 73.6 Å². The van der Waals surface area contributed by atoms with Crippen LogP contribution in [-0.2, 0) is 15.1 Å². The molecule has 2 N–H and O–H groups in total. The van der Waals surface area contributed by atoms with Gasteiger partial charge in [-0.25, -0.2) is 13.6 Å². The van der Waals surface area contributed by atoms with E-state index in [1.807, 2.05) is 4.90 Å². The van der Waals surface area contributed by atoms with Crippen molar-refractivity contribution in [1.29, 1.82) is 5.41 Å². The Morgan fingerprint density at radius 3 is 2.64 bits per heavy atom. The summed E-state index contributed by atoms with van der Waals surface area (Å²) in [5.41, 5.74) is -1.76. The number of hydrogen-bond acceptors (Lipinski definition) is 4. The third kappa shape index (κ3) is 4.81. The molecule has 2 aliphatic rings. The number of carbonyl (C=O) groups is 1. The number of nitrogens with zero attached hydrogens (tertiary/aromatic N) is 1. The van der Waals surface area contributed by atoms with Crippen molar-refractivity contribution in [3.05, 3.63) is 35.9 Å². The van der Waals surface area contributed by atoms with E-state index in [0.29, 0.717) is 17.9 Å². The average Bonchev–Trinajstić information content (AvgIpc) is 3.27. The van der Waals surface area contributed by atoms with Gasteiger partial charge >= 0.3 is 5.97 Å². The molecule has 0 spiro atoms. The average molecular weight is 417 g/mol. The Labute approximate surface area is 170 Å². The summed E-state index contributed by atoms with van der Waals surface area (Å²) in [6.45, 7) is 1.69. The normalized spacial score (nSPS) is 25.6. The molecule has 1 aromatic rings. The zero-order valence-corrected chi connectivity index (χ0v) is 16.5. The molecule has 5 nitrogen and oxygen atoms in total. The Morgan fingerprint density at radius 2 is 2.07 bits per heavy atom. The molecule has 0 amide bonds. The third-order valence-corrected chi connectivity index (χ3v) is 5.78. The van der Waals surface area contributed by atoms with Crippen molar-refractivity contribution < 1.29 is 23.4 Å². The number of ether oxygens (including phenoxy) is 1. The molecule has 1 saturated carbocycles. The molecule has 0 bridgehead atoms. The van der Waals surface area contributed by atoms with Crippen LogP contribution in [0.1, 0.15) is 37.7 Å². The van der Waals surface area contributed by atoms with Gasteiger partial charge in [0.15, 0.2) is 5.60 Å². The summed E-state index contributed by atoms with van der Waals surface area (Å²) in [6.07, 6.45) is 2.07. The quantitative estimate of drug-likeness (QED) is 0.404. The van der Waals surface area contributed by atoms with Crippen molar-refractivity contribution in [3.63, 3.8) is 0 Å². The molecular formula is C20H27ClF2N2O3. The van der Waals surface area contributed by atoms with Crippen LogP contribution in [0.5, 0.6) is 0 Å². The first-order valence-electron chi connectivity index (χ1n) is 9.43. The first-order valence-corrected chi connectivity index (χ1v) is 9.43. The van der Waals surface area contributed by atoms with Crippen LogP contribution in [0, 0.1) is 17.2 Å². The third-order valence-electron chi connectivity index (χ3n) is 5.78. The smallest absolute Gasteiger partial charge is 0.343 e. The number of esters is 1. The maximum absolute atomic E-state index is 13.7. The van der Waals surface area contributed by atoms with E-state index in [0.717, 1.165) is 19.5 Å². The van der Waals surface area contributed by atoms with Crippen molar-refractivity contribution in [1.82, 2.24) is 4.90 Å². The van der Waals surface area contributed by atoms with E-state index >= 15 is 0 Å². The first kappa shape index (κ1) is 22.6. The Morgan fingerprint density at radius 1 is 1.36 bits per heavy atom. The van der Waals surface area contributed by atoms with E-state index in [1.165, 1.54) is 6.34 Å². The lowest BCUT2D eigenvalue weighted by molar-refractivity contribution is -0.175. The highest BCUT2D eigenvalue weighted by Gasteiger charge is 2.54. The van der Waals surface area contributed by atoms with Crippen LogP contribution in [0.15, 0.2) is 30.3 Å². The van der Waals surface area contributed by atoms with Gasteiger partial charge in [-0.1, -0.05) is 30.3 Å². The molecule has 1 aliphatic heterocycles. The molecule has 3 unspecified atom stereocenters. The van der Waals surface area contributed by atoms with E-state index < -0.39 is 29.8 Å². The van der Waals surface area contributed by atoms with Crippen molar-refractivity contribution in [3.8, 4) is 0 Å². The molecule has 28 heavy (non-hydrogen) atoms. The Hall–Kier alpha value is -1.73. The predicted molar refractivity (Wildman–Crippen MR) is 104 cm³/mol. The highest BCUT2D eigenvalue weighted by atomic mass is 35.5. The monoisotopic (exact) mass is 416 g/mol. The molecule has 3 atom stereocenters. The summed E-state index contributed by atoms with van der Waals surface area (Å²) in [5.74, 6) is -4.27. The van der Waals surface area contributed by atoms with Crippen molar-refractivity contribution >= 4 is 24.7 Å². The van der Waals surface area contributed by atoms with E-state index in [9.17, 15) is 18.7 Å². The van der Waals surface area contributed by atoms with E-state index in [2.05, 4.69) is 0 Å². The Kier molecular flexibility index (Phi) is 7.39. The minimum absolute atomic E-state index is 0. The molecular weight excluding hydrogens is 390 g/mol. The highest BCUT2D eigenvalue weighted by molar-refractivity contribution is 5.85. The van der Waals surface area contributed by atoms with Gasteiger partial charge in [0.1, 0.15) is 0 Å². The fourth-order valence-electron chi connectivity index (χ4n) is 4.16. The lowest BCUT2D eigenvalue weighted by Crippen LogP contribution is -2.44. The van der Waals surface area contributed by atoms with Crippen molar-refractivity contribution in [2.24, 2.45) is 11.8 Å². The van der Waals surface area contributed by atoms with Crippen LogP contribution in [0.4, 0.5) is 8.78 Å². The van der Waals surface area contributed by atoms with Gasteiger partial charge in [-0.15, -0.1) is 12.4 Å². The van der Waals surface area contributed by atoms with Crippen LogP contribution in [0.2, 0.25) is 0 Å². The summed E-state index contributed by atoms with van der Waals surface area (Å²) in [5, 5.41) is 18.5. The second-order valence-electron chi connectivity index (χ2n) is 7.63. The van der Waals surface area contributed by atoms with Gasteiger partial charge in [-0.05, 0) is 30.7 Å². The van der Waals surface area contributed by atoms with Gasteiger partial charge in [0, 0.05) is 31.8 Å². The molecule has 0 radical (unpaired) electrons. The largest absolute Gasteiger partial charge is 0.463 e. The van der Waals surface area contributed by atoms with E-state index in [4.69, 9.17) is 10.1 Å². The highest BCUT2D eigenvalue weighted by Crippen LogP contribution is 2.47. The van der Waals surface area contributed by atoms with E-state index in [-0.39, 0.29) is 31.9 Å². The SMILES string of the molecule is Cl.N=CN1CCC(CCOC(=O)C(O)(c2ccccc2)C2CCC(F)(F)C2)C1. The molecule has 0 aromatic heterocycles. The fraction of sp³-hybridized carbons (Fsp3) is 0.600. The van der Waals surface area contributed by atoms with Crippen LogP contribution < -0.4 is 0 Å². The second-order valence-corrected chi connectivity index (χ2v) is 7.63. The minimum Gasteiger partial charge on any atom is -0.463 e. The number of nitrogens with one attached hydrogen (secondary N) is 1. The standard InChI is InChI=1S/C20H26F2N2O3.ClH/c21-19(22)9-6-17(12-19)20(26,16-4-2-1-3-5-16)18(25)27-11-8-15-7-10-24(13-15)14-23;/h1-5,14-15,17,23,26H,6-13H2;1H. The van der Waals surface area contributed by atoms with Crippen molar-refractivity contribution in [2.75, 3.05) is 19.7 Å². The van der Waals surface area contributed by atoms with Gasteiger partial charge in [0.05, 0.1) is 12.9 Å². The number of rotatable bonds is 7. The summed E-state index contributed by atoms with van der Waals surface area (Å²) in [7, 11) is 0. The molecule has 1 aromatic carbocycles. The number of alkyl halides is 2. The lowest BCUT2D eigenvalue weighted by Gasteiger charge is -2.32. The number of hydrogen-bond donors (Lipinski definition) is 2. The Balaban J connectivity index is 0.00000280. The maximum Gasteiger partial charge on any atom is 0.343 e. The molecule has 1 aliphatic carbocycles. The maximum atomic E-state index is 13.7. The van der Waals surface area contributed by atoms with Crippen LogP contribution in [0.25, 0.3) is 0 Å². The number of benzene rings is 1. The summed E-state index contributed by atoms with van der Waals surface area (Å²) >= 11 is 0. The lowest BCUT2D eigenvalue weighted by atomic mass is 9.80. The minimum atomic E-state index is -2.87. The van der Waals surface area contributed by atoms with Gasteiger partial charge in [-0.2, -0.15) is 0 Å². The predicted octanol–water partition coefficient (Wildman–Crippen LogP) is 3.59. The zero-order chi connectivity index (χ0) is 19.5. The number of halogens is 3. The molecule has 8 heteroatoms. The number of carbonyl (C=O) groups excluding carboxylic acids is 1. The summed E-state index contributed by atoms with van der Waals surface area (Å²) < 4.78 is 32.9. The molecule has 1 heterocycles. The second kappa shape index (κ2) is 9.18. The zero-order valence-electron chi connectivity index (χ0n) is 15.7. The van der Waals surface area contributed by atoms with Crippen molar-refractivity contribution in [2.45, 2.75) is 43.6 Å². The summed E-state index contributed by atoms with van der Waals surface area (Å²) in [6, 6.07) is 8.25. The summed E-state index contributed by atoms with van der Waals surface area (Å²) in [4.78, 5) is 14.7. The van der Waals surface area contributed by atoms with Gasteiger partial charge in [0.25, 0.3) is 0 Å². The number of aliphatic hydroxyl groups is 1. The fourth-order valence-corrected chi connectivity index (χ4v) is 4.16. The van der Waals surface area contributed by atoms with Crippen LogP contribution in [0.3, 0.4) is 0 Å². The van der Waals surface area contributed by atoms with E-state index in [1.54, 1.807) is 30.3 Å². The van der Waals surface area contributed by atoms with Gasteiger partial charge in [0.2, 0.25) is 5.92 Å². The first-order chi connectivity index (χ1) is 12.8. The van der Waals surface area contributed by atoms with Crippen LogP contribution in [-0.4, -0.2) is 47.9 Å². The van der Waals surface area contributed by atoms with Crippen LogP contribution >= 0.6 is 12.4 Å². The molecule has 3 rings (SSSR count). The molecule has 156 valence electrons. The molecule has 1 saturated heterocycles. The number of likely N-dealkylation sites (tertiary alicyclic amines) is 1. The van der Waals surface area contributed by atoms with Gasteiger partial charge in [-0.3, -0.25) is 5.41 Å².